The van der Waals surface area contributed by atoms with Crippen LogP contribution < -0.4 is 4.74 Å². The molecule has 1 unspecified atom stereocenters. The average molecular weight is 292 g/mol. The number of carboxylic acids is 1. The lowest BCUT2D eigenvalue weighted by atomic mass is 10.1. The van der Waals surface area contributed by atoms with Crippen LogP contribution in [0.5, 0.6) is 5.75 Å². The Hall–Kier alpha value is -1.85. The number of hydrogen-bond donors (Lipinski definition) is 1. The van der Waals surface area contributed by atoms with Gasteiger partial charge < -0.3 is 19.3 Å². The third-order valence-electron chi connectivity index (χ3n) is 3.36. The number of ether oxygens (including phenoxy) is 3. The Morgan fingerprint density at radius 3 is 3.05 bits per heavy atom. The summed E-state index contributed by atoms with van der Waals surface area (Å²) in [4.78, 5) is 10.6. The Kier molecular flexibility index (Phi) is 5.78. The number of benzene rings is 1. The maximum atomic E-state index is 10.6. The fraction of sp³-hybridized carbons (Fsp3) is 0.438. The summed E-state index contributed by atoms with van der Waals surface area (Å²) in [6, 6.07) is 5.51. The summed E-state index contributed by atoms with van der Waals surface area (Å²) >= 11 is 0. The Morgan fingerprint density at radius 1 is 1.52 bits per heavy atom. The minimum absolute atomic E-state index is 0.439. The highest BCUT2D eigenvalue weighted by Crippen LogP contribution is 2.22. The Bertz CT molecular complexity index is 503. The van der Waals surface area contributed by atoms with Crippen molar-refractivity contribution < 1.29 is 24.1 Å². The molecule has 1 aromatic carbocycles. The molecule has 1 aliphatic rings. The largest absolute Gasteiger partial charge is 0.496 e. The molecule has 1 heterocycles. The van der Waals surface area contributed by atoms with Crippen molar-refractivity contribution in [2.24, 2.45) is 5.92 Å². The van der Waals surface area contributed by atoms with Crippen molar-refractivity contribution >= 4 is 12.0 Å². The zero-order chi connectivity index (χ0) is 15.1. The van der Waals surface area contributed by atoms with Gasteiger partial charge in [-0.05, 0) is 30.2 Å². The van der Waals surface area contributed by atoms with Crippen LogP contribution in [0.15, 0.2) is 24.3 Å². The molecule has 21 heavy (non-hydrogen) atoms. The molecule has 1 saturated heterocycles. The Balaban J connectivity index is 1.97. The van der Waals surface area contributed by atoms with Crippen LogP contribution >= 0.6 is 0 Å². The van der Waals surface area contributed by atoms with E-state index in [1.165, 1.54) is 0 Å². The van der Waals surface area contributed by atoms with E-state index in [1.54, 1.807) is 13.2 Å². The number of carboxylic acid groups (broad SMARTS) is 1. The van der Waals surface area contributed by atoms with E-state index in [9.17, 15) is 4.79 Å². The summed E-state index contributed by atoms with van der Waals surface area (Å²) in [6.07, 6.45) is 3.71. The van der Waals surface area contributed by atoms with E-state index >= 15 is 0 Å². The summed E-state index contributed by atoms with van der Waals surface area (Å²) < 4.78 is 16.3. The van der Waals surface area contributed by atoms with E-state index in [-0.39, 0.29) is 0 Å². The van der Waals surface area contributed by atoms with Gasteiger partial charge >= 0.3 is 5.97 Å². The molecule has 0 saturated carbocycles. The first-order valence-corrected chi connectivity index (χ1v) is 6.92. The summed E-state index contributed by atoms with van der Waals surface area (Å²) in [5, 5.41) is 8.66. The van der Waals surface area contributed by atoms with E-state index < -0.39 is 5.97 Å². The van der Waals surface area contributed by atoms with Gasteiger partial charge in [0.2, 0.25) is 0 Å². The second-order valence-electron chi connectivity index (χ2n) is 4.99. The third-order valence-corrected chi connectivity index (χ3v) is 3.36. The van der Waals surface area contributed by atoms with Gasteiger partial charge in [-0.3, -0.25) is 0 Å². The fourth-order valence-corrected chi connectivity index (χ4v) is 2.23. The highest BCUT2D eigenvalue weighted by atomic mass is 16.5. The molecule has 5 heteroatoms. The second kappa shape index (κ2) is 7.81. The number of aliphatic carboxylic acids is 1. The number of methoxy groups -OCH3 is 1. The summed E-state index contributed by atoms with van der Waals surface area (Å²) in [5.74, 6) is 0.237. The number of rotatable bonds is 7. The fourth-order valence-electron chi connectivity index (χ4n) is 2.23. The third kappa shape index (κ3) is 4.88. The molecule has 0 bridgehead atoms. The van der Waals surface area contributed by atoms with Crippen LogP contribution in [0.3, 0.4) is 0 Å². The molecule has 0 aromatic heterocycles. The van der Waals surface area contributed by atoms with Gasteiger partial charge in [-0.15, -0.1) is 0 Å². The van der Waals surface area contributed by atoms with Gasteiger partial charge in [-0.25, -0.2) is 4.79 Å². The molecule has 5 nitrogen and oxygen atoms in total. The summed E-state index contributed by atoms with van der Waals surface area (Å²) in [5.41, 5.74) is 1.71. The molecular weight excluding hydrogens is 272 g/mol. The van der Waals surface area contributed by atoms with Gasteiger partial charge in [-0.1, -0.05) is 6.07 Å². The lowest BCUT2D eigenvalue weighted by molar-refractivity contribution is -0.131. The molecule has 1 aliphatic heterocycles. The lowest BCUT2D eigenvalue weighted by Gasteiger charge is -2.12. The van der Waals surface area contributed by atoms with Crippen LogP contribution in [-0.4, -0.2) is 38.0 Å². The first kappa shape index (κ1) is 15.5. The smallest absolute Gasteiger partial charge is 0.328 e. The predicted molar refractivity (Wildman–Crippen MR) is 78.2 cm³/mol. The van der Waals surface area contributed by atoms with Crippen molar-refractivity contribution in [3.05, 3.63) is 35.4 Å². The minimum atomic E-state index is -0.968. The molecule has 1 aromatic rings. The van der Waals surface area contributed by atoms with Crippen LogP contribution in [0.25, 0.3) is 6.08 Å². The zero-order valence-electron chi connectivity index (χ0n) is 12.1. The number of carbonyl (C=O) groups is 1. The topological polar surface area (TPSA) is 65.0 Å². The maximum absolute atomic E-state index is 10.6. The van der Waals surface area contributed by atoms with Gasteiger partial charge in [0.15, 0.2) is 0 Å². The van der Waals surface area contributed by atoms with Crippen molar-refractivity contribution in [2.75, 3.05) is 26.9 Å². The monoisotopic (exact) mass is 292 g/mol. The van der Waals surface area contributed by atoms with Gasteiger partial charge in [-0.2, -0.15) is 0 Å². The summed E-state index contributed by atoms with van der Waals surface area (Å²) in [6.45, 7) is 2.68. The van der Waals surface area contributed by atoms with Crippen molar-refractivity contribution in [2.45, 2.75) is 13.0 Å². The Morgan fingerprint density at radius 2 is 2.38 bits per heavy atom. The minimum Gasteiger partial charge on any atom is -0.496 e. The molecular formula is C16H20O5. The molecule has 2 rings (SSSR count). The van der Waals surface area contributed by atoms with Crippen molar-refractivity contribution in [1.82, 2.24) is 0 Å². The van der Waals surface area contributed by atoms with Crippen molar-refractivity contribution in [1.29, 1.82) is 0 Å². The van der Waals surface area contributed by atoms with Crippen LogP contribution in [0, 0.1) is 5.92 Å². The highest BCUT2D eigenvalue weighted by molar-refractivity contribution is 5.85. The van der Waals surface area contributed by atoms with Crippen molar-refractivity contribution in [3.63, 3.8) is 0 Å². The van der Waals surface area contributed by atoms with Crippen LogP contribution in [-0.2, 0) is 20.9 Å². The van der Waals surface area contributed by atoms with Gasteiger partial charge in [0, 0.05) is 24.2 Å². The second-order valence-corrected chi connectivity index (χ2v) is 4.99. The normalized spacial score (nSPS) is 18.2. The van der Waals surface area contributed by atoms with Crippen molar-refractivity contribution in [3.8, 4) is 5.75 Å². The van der Waals surface area contributed by atoms with Crippen LogP contribution in [0.2, 0.25) is 0 Å². The molecule has 0 radical (unpaired) electrons. The highest BCUT2D eigenvalue weighted by Gasteiger charge is 2.15. The first-order valence-electron chi connectivity index (χ1n) is 6.92. The zero-order valence-corrected chi connectivity index (χ0v) is 12.1. The van der Waals surface area contributed by atoms with Crippen LogP contribution in [0.4, 0.5) is 0 Å². The molecule has 1 N–H and O–H groups in total. The predicted octanol–water partition coefficient (Wildman–Crippen LogP) is 2.35. The molecule has 114 valence electrons. The standard InChI is InChI=1S/C16H20O5/c1-19-15-4-2-12(3-5-16(17)18)8-14(15)11-21-10-13-6-7-20-9-13/h2-5,8,13H,6-7,9-11H2,1H3,(H,17,18). The van der Waals surface area contributed by atoms with Gasteiger partial charge in [0.1, 0.15) is 5.75 Å². The molecule has 1 atom stereocenters. The molecule has 0 amide bonds. The quantitative estimate of drug-likeness (QED) is 0.781. The van der Waals surface area contributed by atoms with E-state index in [2.05, 4.69) is 0 Å². The lowest BCUT2D eigenvalue weighted by Crippen LogP contribution is -2.09. The first-order chi connectivity index (χ1) is 10.2. The van der Waals surface area contributed by atoms with E-state index in [0.29, 0.717) is 19.1 Å². The molecule has 0 aliphatic carbocycles. The molecule has 1 fully saturated rings. The van der Waals surface area contributed by atoms with Gasteiger partial charge in [0.05, 0.1) is 26.9 Å². The van der Waals surface area contributed by atoms with Gasteiger partial charge in [0.25, 0.3) is 0 Å². The molecule has 0 spiro atoms. The number of hydrogen-bond acceptors (Lipinski definition) is 4. The van der Waals surface area contributed by atoms with E-state index in [4.69, 9.17) is 19.3 Å². The van der Waals surface area contributed by atoms with E-state index in [0.717, 1.165) is 42.6 Å². The Labute approximate surface area is 124 Å². The summed E-state index contributed by atoms with van der Waals surface area (Å²) in [7, 11) is 1.61. The van der Waals surface area contributed by atoms with Crippen LogP contribution in [0.1, 0.15) is 17.5 Å². The SMILES string of the molecule is COc1ccc(C=CC(=O)O)cc1COCC1CCOC1. The van der Waals surface area contributed by atoms with E-state index in [1.807, 2.05) is 18.2 Å². The maximum Gasteiger partial charge on any atom is 0.328 e. The average Bonchev–Trinajstić information content (AvgIpc) is 2.98.